The zero-order chi connectivity index (χ0) is 20.3. The summed E-state index contributed by atoms with van der Waals surface area (Å²) in [7, 11) is 0. The van der Waals surface area contributed by atoms with Crippen LogP contribution in [0.5, 0.6) is 0 Å². The molecule has 0 amide bonds. The van der Waals surface area contributed by atoms with Crippen LogP contribution < -0.4 is 10.3 Å². The number of nitrogens with zero attached hydrogens (tertiary/aromatic N) is 3. The number of ether oxygens (including phenoxy) is 1. The third kappa shape index (κ3) is 2.78. The van der Waals surface area contributed by atoms with Gasteiger partial charge in [0.2, 0.25) is 5.43 Å². The molecule has 152 valence electrons. The first-order chi connectivity index (χ1) is 14.0. The predicted octanol–water partition coefficient (Wildman–Crippen LogP) is 3.30. The van der Waals surface area contributed by atoms with Crippen molar-refractivity contribution in [1.29, 1.82) is 0 Å². The summed E-state index contributed by atoms with van der Waals surface area (Å²) in [5, 5.41) is 0.218. The van der Waals surface area contributed by atoms with Gasteiger partial charge in [-0.05, 0) is 38.2 Å². The van der Waals surface area contributed by atoms with Gasteiger partial charge >= 0.3 is 5.97 Å². The van der Waals surface area contributed by atoms with E-state index in [-0.39, 0.29) is 29.6 Å². The molecule has 0 N–H and O–H groups in total. The number of fused-ring (bicyclic) bond motifs is 5. The fraction of sp³-hybridized carbons (Fsp3) is 0.500. The summed E-state index contributed by atoms with van der Waals surface area (Å²) in [6.45, 7) is 5.45. The van der Waals surface area contributed by atoms with Crippen molar-refractivity contribution < 1.29 is 13.9 Å². The Morgan fingerprint density at radius 2 is 2.14 bits per heavy atom. The minimum absolute atomic E-state index is 0.0381. The normalized spacial score (nSPS) is 23.1. The topological polar surface area (TPSA) is 63.9 Å². The molecule has 2 aromatic rings. The lowest BCUT2D eigenvalue weighted by Crippen LogP contribution is -2.35. The zero-order valence-electron chi connectivity index (χ0n) is 16.7. The quantitative estimate of drug-likeness (QED) is 0.746. The van der Waals surface area contributed by atoms with Crippen molar-refractivity contribution >= 4 is 28.8 Å². The van der Waals surface area contributed by atoms with Gasteiger partial charge in [-0.2, -0.15) is 0 Å². The lowest BCUT2D eigenvalue weighted by Gasteiger charge is -2.28. The second-order valence-electron chi connectivity index (χ2n) is 8.27. The van der Waals surface area contributed by atoms with Crippen LogP contribution in [-0.4, -0.2) is 42.5 Å². The van der Waals surface area contributed by atoms with Gasteiger partial charge in [0.15, 0.2) is 0 Å². The number of hydrogen-bond acceptors (Lipinski definition) is 5. The molecular formula is C22H24FN3O3. The fourth-order valence-corrected chi connectivity index (χ4v) is 4.73. The third-order valence-electron chi connectivity index (χ3n) is 6.40. The van der Waals surface area contributed by atoms with E-state index in [1.807, 2.05) is 4.57 Å². The molecule has 1 aromatic carbocycles. The summed E-state index contributed by atoms with van der Waals surface area (Å²) in [5.74, 6) is -0.656. The predicted molar refractivity (Wildman–Crippen MR) is 110 cm³/mol. The van der Waals surface area contributed by atoms with Crippen molar-refractivity contribution in [1.82, 2.24) is 4.57 Å². The van der Waals surface area contributed by atoms with E-state index in [2.05, 4.69) is 16.8 Å². The Morgan fingerprint density at radius 1 is 1.34 bits per heavy atom. The van der Waals surface area contributed by atoms with E-state index in [0.29, 0.717) is 29.2 Å². The first-order valence-electron chi connectivity index (χ1n) is 10.4. The molecule has 7 heteroatoms. The van der Waals surface area contributed by atoms with Crippen LogP contribution in [0.2, 0.25) is 0 Å². The average Bonchev–Trinajstić information content (AvgIpc) is 3.49. The van der Waals surface area contributed by atoms with Crippen LogP contribution in [0.4, 0.5) is 10.1 Å². The maximum atomic E-state index is 15.4. The third-order valence-corrected chi connectivity index (χ3v) is 6.40. The monoisotopic (exact) mass is 397 g/mol. The first-order valence-corrected chi connectivity index (χ1v) is 10.4. The smallest absolute Gasteiger partial charge is 0.343 e. The molecule has 1 aliphatic carbocycles. The molecule has 3 aliphatic rings. The van der Waals surface area contributed by atoms with Crippen LogP contribution in [0.1, 0.15) is 55.1 Å². The lowest BCUT2D eigenvalue weighted by atomic mass is 10.0. The second-order valence-corrected chi connectivity index (χ2v) is 8.27. The number of rotatable bonds is 3. The summed E-state index contributed by atoms with van der Waals surface area (Å²) >= 11 is 0. The molecule has 5 rings (SSSR count). The minimum Gasteiger partial charge on any atom is -0.462 e. The number of carbonyl (C=O) groups excluding carboxylic acids is 1. The van der Waals surface area contributed by atoms with E-state index in [1.165, 1.54) is 6.07 Å². The van der Waals surface area contributed by atoms with Crippen LogP contribution in [0, 0.1) is 11.7 Å². The van der Waals surface area contributed by atoms with Gasteiger partial charge in [0.1, 0.15) is 11.4 Å². The van der Waals surface area contributed by atoms with Crippen molar-refractivity contribution in [3.63, 3.8) is 0 Å². The van der Waals surface area contributed by atoms with Gasteiger partial charge in [0, 0.05) is 30.6 Å². The molecule has 0 unspecified atom stereocenters. The standard InChI is InChI=1S/C22H24FN3O3/c1-3-29-22(28)16-11-26(13-4-5-13)19-14(21(16)27)8-17(23)20-15(19)9-24-10-18-12(2)6-7-25(18)20/h8-9,11-13,18H,3-7,10H2,1-2H3/t12-,18-/m1/s1. The van der Waals surface area contributed by atoms with Gasteiger partial charge in [0.25, 0.3) is 0 Å². The molecular weight excluding hydrogens is 373 g/mol. The van der Waals surface area contributed by atoms with Crippen molar-refractivity contribution in [3.8, 4) is 0 Å². The van der Waals surface area contributed by atoms with E-state index in [0.717, 1.165) is 25.8 Å². The first kappa shape index (κ1) is 18.3. The highest BCUT2D eigenvalue weighted by Gasteiger charge is 2.37. The van der Waals surface area contributed by atoms with Crippen LogP contribution in [0.25, 0.3) is 10.9 Å². The molecule has 1 aromatic heterocycles. The van der Waals surface area contributed by atoms with Gasteiger partial charge in [-0.1, -0.05) is 6.92 Å². The van der Waals surface area contributed by atoms with Crippen LogP contribution in [-0.2, 0) is 4.74 Å². The van der Waals surface area contributed by atoms with E-state index in [9.17, 15) is 9.59 Å². The van der Waals surface area contributed by atoms with E-state index < -0.39 is 17.2 Å². The second kappa shape index (κ2) is 6.68. The van der Waals surface area contributed by atoms with Crippen LogP contribution >= 0.6 is 0 Å². The molecule has 6 nitrogen and oxygen atoms in total. The van der Waals surface area contributed by atoms with Crippen molar-refractivity contribution in [2.45, 2.75) is 45.2 Å². The number of aromatic nitrogens is 1. The largest absolute Gasteiger partial charge is 0.462 e. The highest BCUT2D eigenvalue weighted by Crippen LogP contribution is 2.42. The number of anilines is 1. The van der Waals surface area contributed by atoms with Crippen LogP contribution in [0.3, 0.4) is 0 Å². The van der Waals surface area contributed by atoms with E-state index in [1.54, 1.807) is 19.3 Å². The van der Waals surface area contributed by atoms with Crippen molar-refractivity contribution in [2.24, 2.45) is 10.9 Å². The van der Waals surface area contributed by atoms with Gasteiger partial charge in [-0.25, -0.2) is 9.18 Å². The Kier molecular flexibility index (Phi) is 4.22. The van der Waals surface area contributed by atoms with E-state index >= 15 is 4.39 Å². The van der Waals surface area contributed by atoms with Crippen molar-refractivity contribution in [2.75, 3.05) is 24.6 Å². The molecule has 3 heterocycles. The minimum atomic E-state index is -0.661. The maximum absolute atomic E-state index is 15.4. The Balaban J connectivity index is 1.82. The van der Waals surface area contributed by atoms with Gasteiger partial charge < -0.3 is 14.2 Å². The summed E-state index contributed by atoms with van der Waals surface area (Å²) in [6.07, 6.45) is 6.24. The summed E-state index contributed by atoms with van der Waals surface area (Å²) in [6, 6.07) is 1.67. The molecule has 0 radical (unpaired) electrons. The summed E-state index contributed by atoms with van der Waals surface area (Å²) < 4.78 is 22.4. The summed E-state index contributed by atoms with van der Waals surface area (Å²) in [4.78, 5) is 32.2. The van der Waals surface area contributed by atoms with Gasteiger partial charge in [-0.3, -0.25) is 9.79 Å². The van der Waals surface area contributed by atoms with Crippen LogP contribution in [0.15, 0.2) is 22.1 Å². The number of pyridine rings is 1. The number of aliphatic imine (C=N–C) groups is 1. The molecule has 29 heavy (non-hydrogen) atoms. The zero-order valence-corrected chi connectivity index (χ0v) is 16.7. The lowest BCUT2D eigenvalue weighted by molar-refractivity contribution is 0.0524. The highest BCUT2D eigenvalue weighted by molar-refractivity contribution is 6.06. The molecule has 2 aliphatic heterocycles. The highest BCUT2D eigenvalue weighted by atomic mass is 19.1. The molecule has 1 saturated carbocycles. The van der Waals surface area contributed by atoms with Crippen molar-refractivity contribution in [3.05, 3.63) is 39.4 Å². The Labute approximate surface area is 168 Å². The Morgan fingerprint density at radius 3 is 2.86 bits per heavy atom. The number of halogens is 1. The maximum Gasteiger partial charge on any atom is 0.343 e. The Hall–Kier alpha value is -2.70. The Bertz CT molecular complexity index is 1100. The number of hydrogen-bond donors (Lipinski definition) is 0. The average molecular weight is 397 g/mol. The van der Waals surface area contributed by atoms with Gasteiger partial charge in [0.05, 0.1) is 35.8 Å². The number of esters is 1. The van der Waals surface area contributed by atoms with E-state index in [4.69, 9.17) is 4.74 Å². The van der Waals surface area contributed by atoms with Gasteiger partial charge in [-0.15, -0.1) is 0 Å². The fourth-order valence-electron chi connectivity index (χ4n) is 4.73. The molecule has 1 saturated heterocycles. The molecule has 0 spiro atoms. The SMILES string of the molecule is CCOC(=O)c1cn(C2CC2)c2c3c(c(F)cc2c1=O)N1CC[C@@H](C)[C@H]1CN=C3. The number of carbonyl (C=O) groups is 1. The molecule has 2 atom stereocenters. The summed E-state index contributed by atoms with van der Waals surface area (Å²) in [5.41, 5.74) is 1.33. The molecule has 0 bridgehead atoms. The number of benzene rings is 1. The molecule has 2 fully saturated rings.